The van der Waals surface area contributed by atoms with Crippen LogP contribution >= 0.6 is 0 Å². The van der Waals surface area contributed by atoms with Gasteiger partial charge in [0.15, 0.2) is 0 Å². The lowest BCUT2D eigenvalue weighted by Gasteiger charge is -2.70. The molecule has 0 bridgehead atoms. The molecule has 13 rings (SSSR count). The van der Waals surface area contributed by atoms with Crippen molar-refractivity contribution in [1.82, 2.24) is 18.7 Å². The molecule has 3 aliphatic carbocycles. The molecule has 55 heavy (non-hydrogen) atoms. The van der Waals surface area contributed by atoms with Crippen molar-refractivity contribution >= 4 is 65.4 Å². The quantitative estimate of drug-likeness (QED) is 0.179. The first-order valence-corrected chi connectivity index (χ1v) is 20.2. The van der Waals surface area contributed by atoms with Crippen molar-refractivity contribution in [3.05, 3.63) is 157 Å². The van der Waals surface area contributed by atoms with E-state index in [1.54, 1.807) is 5.56 Å². The molecule has 0 N–H and O–H groups in total. The molecule has 0 spiro atoms. The Labute approximate surface area is 319 Å². The average molecular weight is 709 g/mol. The van der Waals surface area contributed by atoms with E-state index in [-0.39, 0.29) is 0 Å². The molecule has 4 nitrogen and oxygen atoms in total. The molecule has 0 saturated heterocycles. The van der Waals surface area contributed by atoms with E-state index < -0.39 is 0 Å². The number of pyridine rings is 1. The molecule has 4 heteroatoms. The molecule has 4 aromatic heterocycles. The van der Waals surface area contributed by atoms with E-state index in [0.29, 0.717) is 5.41 Å². The summed E-state index contributed by atoms with van der Waals surface area (Å²) in [5.74, 6) is 4.54. The number of benzene rings is 6. The fourth-order valence-corrected chi connectivity index (χ4v) is 12.3. The van der Waals surface area contributed by atoms with Gasteiger partial charge in [-0.2, -0.15) is 0 Å². The first kappa shape index (κ1) is 30.2. The van der Waals surface area contributed by atoms with Crippen molar-refractivity contribution in [2.75, 3.05) is 0 Å². The maximum atomic E-state index is 5.07. The lowest BCUT2D eigenvalue weighted by Crippen LogP contribution is -2.65. The summed E-state index contributed by atoms with van der Waals surface area (Å²) >= 11 is 0. The zero-order valence-electron chi connectivity index (χ0n) is 30.9. The van der Waals surface area contributed by atoms with Gasteiger partial charge in [0.2, 0.25) is 0 Å². The van der Waals surface area contributed by atoms with E-state index in [1.807, 2.05) is 6.20 Å². The predicted octanol–water partition coefficient (Wildman–Crippen LogP) is 12.7. The summed E-state index contributed by atoms with van der Waals surface area (Å²) < 4.78 is 7.22. The highest BCUT2D eigenvalue weighted by molar-refractivity contribution is 6.13. The third-order valence-electron chi connectivity index (χ3n) is 14.3. The van der Waals surface area contributed by atoms with Crippen molar-refractivity contribution < 1.29 is 0 Å². The summed E-state index contributed by atoms with van der Waals surface area (Å²) in [5.41, 5.74) is 11.5. The monoisotopic (exact) mass is 708 g/mol. The van der Waals surface area contributed by atoms with Gasteiger partial charge in [0.05, 0.1) is 38.8 Å². The van der Waals surface area contributed by atoms with E-state index in [9.17, 15) is 0 Å². The Morgan fingerprint density at radius 2 is 1.00 bits per heavy atom. The molecule has 6 aromatic carbocycles. The molecule has 10 aromatic rings. The third-order valence-corrected chi connectivity index (χ3v) is 14.3. The van der Waals surface area contributed by atoms with Gasteiger partial charge in [0, 0.05) is 50.3 Å². The molecular formula is C51H40N4. The molecule has 0 amide bonds. The standard InChI is InChI=1S/C51H40N4/c1-31-24-32-25-33-30-51(29-31,50(32)33)34-18-20-47-41(26-34)39-12-4-8-16-45(39)54(47)36-22-23-52-49(28-36)55-46-17-9-5-13-40(46)42-27-35(19-21-48(42)55)53-43-14-6-2-10-37(43)38-11-3-7-15-44(38)53/h2-23,26-28,31-33,50H,24-25,29-30H2,1H3. The molecular weight excluding hydrogens is 669 g/mol. The van der Waals surface area contributed by atoms with Crippen molar-refractivity contribution in [1.29, 1.82) is 0 Å². The smallest absolute Gasteiger partial charge is 0.139 e. The van der Waals surface area contributed by atoms with Crippen LogP contribution in [0.25, 0.3) is 82.6 Å². The fourth-order valence-electron chi connectivity index (χ4n) is 12.3. The zero-order chi connectivity index (χ0) is 36.0. The van der Waals surface area contributed by atoms with Gasteiger partial charge in [-0.1, -0.05) is 85.8 Å². The highest BCUT2D eigenvalue weighted by Crippen LogP contribution is 2.71. The summed E-state index contributed by atoms with van der Waals surface area (Å²) in [4.78, 5) is 5.07. The molecule has 3 aliphatic rings. The molecule has 4 heterocycles. The SMILES string of the molecule is CC1CC2CC3CC(c4ccc5c(c4)c4ccccc4n5-c4ccnc(-n5c6ccccc6c6cc(-n7c8ccccc8c8ccccc87)ccc65)c4)(C1)C23. The Balaban J connectivity index is 0.981. The van der Waals surface area contributed by atoms with Crippen LogP contribution < -0.4 is 0 Å². The number of aromatic nitrogens is 4. The molecule has 3 saturated carbocycles. The van der Waals surface area contributed by atoms with Gasteiger partial charge < -0.3 is 9.13 Å². The molecule has 264 valence electrons. The van der Waals surface area contributed by atoms with Gasteiger partial charge in [-0.3, -0.25) is 4.57 Å². The van der Waals surface area contributed by atoms with Gasteiger partial charge in [-0.05, 0) is 121 Å². The summed E-state index contributed by atoms with van der Waals surface area (Å²) in [6, 6.07) is 54.1. The van der Waals surface area contributed by atoms with Gasteiger partial charge in [0.25, 0.3) is 0 Å². The number of nitrogens with zero attached hydrogens (tertiary/aromatic N) is 4. The molecule has 0 radical (unpaired) electrons. The van der Waals surface area contributed by atoms with Crippen LogP contribution in [0.5, 0.6) is 0 Å². The topological polar surface area (TPSA) is 27.7 Å². The van der Waals surface area contributed by atoms with Crippen molar-refractivity contribution in [2.45, 2.75) is 38.0 Å². The summed E-state index contributed by atoms with van der Waals surface area (Å²) in [5, 5.41) is 7.68. The Morgan fingerprint density at radius 1 is 0.473 bits per heavy atom. The highest BCUT2D eigenvalue weighted by Gasteiger charge is 2.65. The van der Waals surface area contributed by atoms with Crippen molar-refractivity contribution in [3.63, 3.8) is 0 Å². The lowest BCUT2D eigenvalue weighted by atomic mass is 9.34. The van der Waals surface area contributed by atoms with E-state index >= 15 is 0 Å². The van der Waals surface area contributed by atoms with Crippen LogP contribution in [0.2, 0.25) is 0 Å². The van der Waals surface area contributed by atoms with Crippen LogP contribution in [0.4, 0.5) is 0 Å². The molecule has 3 fully saturated rings. The second-order valence-corrected chi connectivity index (χ2v) is 17.1. The first-order valence-electron chi connectivity index (χ1n) is 20.2. The number of rotatable bonds is 4. The number of hydrogen-bond acceptors (Lipinski definition) is 1. The summed E-state index contributed by atoms with van der Waals surface area (Å²) in [6.07, 6.45) is 7.62. The average Bonchev–Trinajstić information content (AvgIpc) is 3.84. The van der Waals surface area contributed by atoms with Gasteiger partial charge in [-0.15, -0.1) is 0 Å². The van der Waals surface area contributed by atoms with E-state index in [0.717, 1.165) is 51.9 Å². The van der Waals surface area contributed by atoms with E-state index in [2.05, 4.69) is 166 Å². The Morgan fingerprint density at radius 3 is 1.65 bits per heavy atom. The van der Waals surface area contributed by atoms with E-state index in [4.69, 9.17) is 4.98 Å². The number of fused-ring (bicyclic) bond motifs is 9. The van der Waals surface area contributed by atoms with E-state index in [1.165, 1.54) is 80.1 Å². The van der Waals surface area contributed by atoms with Crippen LogP contribution in [0.1, 0.15) is 38.2 Å². The maximum absolute atomic E-state index is 5.07. The van der Waals surface area contributed by atoms with Crippen LogP contribution in [-0.4, -0.2) is 18.7 Å². The van der Waals surface area contributed by atoms with Gasteiger partial charge in [-0.25, -0.2) is 4.98 Å². The van der Waals surface area contributed by atoms with Gasteiger partial charge >= 0.3 is 0 Å². The third kappa shape index (κ3) is 3.94. The van der Waals surface area contributed by atoms with Crippen LogP contribution in [0.3, 0.4) is 0 Å². The predicted molar refractivity (Wildman–Crippen MR) is 227 cm³/mol. The minimum absolute atomic E-state index is 0.379. The van der Waals surface area contributed by atoms with Gasteiger partial charge in [0.1, 0.15) is 5.82 Å². The summed E-state index contributed by atoms with van der Waals surface area (Å²) in [7, 11) is 0. The Kier molecular flexibility index (Phi) is 5.91. The lowest BCUT2D eigenvalue weighted by molar-refractivity contribution is -0.159. The normalized spacial score (nSPS) is 23.1. The van der Waals surface area contributed by atoms with Crippen molar-refractivity contribution in [3.8, 4) is 17.2 Å². The first-order chi connectivity index (χ1) is 27.1. The molecule has 0 aliphatic heterocycles. The number of para-hydroxylation sites is 4. The largest absolute Gasteiger partial charge is 0.309 e. The van der Waals surface area contributed by atoms with Crippen LogP contribution in [0.15, 0.2) is 152 Å². The molecule has 5 unspecified atom stereocenters. The Bertz CT molecular complexity index is 3180. The highest BCUT2D eigenvalue weighted by atomic mass is 15.1. The van der Waals surface area contributed by atoms with Crippen LogP contribution in [0, 0.1) is 23.7 Å². The maximum Gasteiger partial charge on any atom is 0.139 e. The minimum atomic E-state index is 0.379. The second-order valence-electron chi connectivity index (χ2n) is 17.1. The number of hydrogen-bond donors (Lipinski definition) is 0. The van der Waals surface area contributed by atoms with Crippen molar-refractivity contribution in [2.24, 2.45) is 23.7 Å². The second kappa shape index (κ2) is 10.8. The van der Waals surface area contributed by atoms with Crippen LogP contribution in [-0.2, 0) is 5.41 Å². The zero-order valence-corrected chi connectivity index (χ0v) is 30.9. The fraction of sp³-hybridized carbons (Fsp3) is 0.196. The summed E-state index contributed by atoms with van der Waals surface area (Å²) in [6.45, 7) is 2.50. The molecule has 5 atom stereocenters. The Hall–Kier alpha value is -6.13. The minimum Gasteiger partial charge on any atom is -0.309 e.